The van der Waals surface area contributed by atoms with E-state index in [2.05, 4.69) is 5.32 Å². The van der Waals surface area contributed by atoms with Crippen LogP contribution in [-0.4, -0.2) is 17.4 Å². The third kappa shape index (κ3) is 5.07. The second kappa shape index (κ2) is 8.49. The number of rotatable bonds is 8. The predicted octanol–water partition coefficient (Wildman–Crippen LogP) is 3.64. The first-order chi connectivity index (χ1) is 12.6. The van der Waals surface area contributed by atoms with E-state index >= 15 is 0 Å². The highest BCUT2D eigenvalue weighted by Gasteiger charge is 2.14. The van der Waals surface area contributed by atoms with E-state index < -0.39 is 0 Å². The van der Waals surface area contributed by atoms with Gasteiger partial charge in [-0.05, 0) is 48.4 Å². The summed E-state index contributed by atoms with van der Waals surface area (Å²) in [5, 5.41) is 2.87. The van der Waals surface area contributed by atoms with Crippen molar-refractivity contribution in [3.63, 3.8) is 0 Å². The van der Waals surface area contributed by atoms with Crippen molar-refractivity contribution in [1.82, 2.24) is 10.2 Å². The number of furan rings is 2. The van der Waals surface area contributed by atoms with Crippen molar-refractivity contribution in [2.24, 2.45) is 0 Å². The van der Waals surface area contributed by atoms with Gasteiger partial charge in [-0.15, -0.1) is 0 Å². The Hall–Kier alpha value is -2.86. The minimum Gasteiger partial charge on any atom is -0.468 e. The molecule has 0 aliphatic heterocycles. The smallest absolute Gasteiger partial charge is 0.234 e. The van der Waals surface area contributed by atoms with Crippen LogP contribution in [0.1, 0.15) is 22.6 Å². The molecule has 0 radical (unpaired) electrons. The lowest BCUT2D eigenvalue weighted by molar-refractivity contribution is -0.122. The van der Waals surface area contributed by atoms with Gasteiger partial charge in [-0.3, -0.25) is 9.69 Å². The fourth-order valence-electron chi connectivity index (χ4n) is 2.69. The van der Waals surface area contributed by atoms with Crippen molar-refractivity contribution < 1.29 is 18.0 Å². The molecular formula is C20H21FN2O3. The van der Waals surface area contributed by atoms with Gasteiger partial charge in [-0.1, -0.05) is 12.1 Å². The van der Waals surface area contributed by atoms with E-state index in [1.807, 2.05) is 29.2 Å². The molecule has 136 valence electrons. The van der Waals surface area contributed by atoms with Gasteiger partial charge in [0.15, 0.2) is 0 Å². The number of nitrogens with one attached hydrogen (secondary N) is 1. The Morgan fingerprint density at radius 1 is 1.08 bits per heavy atom. The average Bonchev–Trinajstić information content (AvgIpc) is 3.30. The molecule has 0 aliphatic rings. The number of amides is 1. The van der Waals surface area contributed by atoms with Gasteiger partial charge in [0.1, 0.15) is 17.3 Å². The summed E-state index contributed by atoms with van der Waals surface area (Å²) in [4.78, 5) is 14.3. The molecule has 2 aromatic heterocycles. The predicted molar refractivity (Wildman–Crippen MR) is 94.5 cm³/mol. The molecule has 0 saturated carbocycles. The van der Waals surface area contributed by atoms with Gasteiger partial charge < -0.3 is 14.2 Å². The second-order valence-corrected chi connectivity index (χ2v) is 6.16. The first-order valence-corrected chi connectivity index (χ1v) is 8.39. The zero-order valence-electron chi connectivity index (χ0n) is 14.6. The number of hydrogen-bond acceptors (Lipinski definition) is 4. The lowest BCUT2D eigenvalue weighted by Crippen LogP contribution is -2.36. The third-order valence-corrected chi connectivity index (χ3v) is 4.00. The van der Waals surface area contributed by atoms with Crippen LogP contribution in [0.15, 0.2) is 63.8 Å². The molecule has 0 fully saturated rings. The molecule has 5 nitrogen and oxygen atoms in total. The number of aryl methyl sites for hydroxylation is 1. The van der Waals surface area contributed by atoms with Crippen LogP contribution in [0.4, 0.5) is 4.39 Å². The molecule has 0 aliphatic carbocycles. The summed E-state index contributed by atoms with van der Waals surface area (Å²) in [5.74, 6) is 1.19. The van der Waals surface area contributed by atoms with Gasteiger partial charge in [0.05, 0.1) is 32.2 Å². The van der Waals surface area contributed by atoms with Crippen LogP contribution in [0.2, 0.25) is 0 Å². The summed E-state index contributed by atoms with van der Waals surface area (Å²) in [6.45, 7) is 3.25. The highest BCUT2D eigenvalue weighted by molar-refractivity contribution is 5.78. The summed E-state index contributed by atoms with van der Waals surface area (Å²) >= 11 is 0. The van der Waals surface area contributed by atoms with Crippen LogP contribution in [0.5, 0.6) is 0 Å². The topological polar surface area (TPSA) is 58.6 Å². The second-order valence-electron chi connectivity index (χ2n) is 6.16. The molecule has 0 spiro atoms. The van der Waals surface area contributed by atoms with Gasteiger partial charge >= 0.3 is 0 Å². The lowest BCUT2D eigenvalue weighted by atomic mass is 10.1. The van der Waals surface area contributed by atoms with Crippen LogP contribution < -0.4 is 5.32 Å². The van der Waals surface area contributed by atoms with Crippen molar-refractivity contribution in [1.29, 1.82) is 0 Å². The Labute approximate surface area is 151 Å². The van der Waals surface area contributed by atoms with Crippen molar-refractivity contribution >= 4 is 5.91 Å². The zero-order chi connectivity index (χ0) is 18.4. The first kappa shape index (κ1) is 17.9. The van der Waals surface area contributed by atoms with Gasteiger partial charge in [-0.25, -0.2) is 4.39 Å². The molecule has 0 unspecified atom stereocenters. The molecule has 1 aromatic carbocycles. The van der Waals surface area contributed by atoms with Gasteiger partial charge in [-0.2, -0.15) is 0 Å². The van der Waals surface area contributed by atoms with Crippen LogP contribution in [0, 0.1) is 12.7 Å². The molecule has 2 heterocycles. The quantitative estimate of drug-likeness (QED) is 0.669. The van der Waals surface area contributed by atoms with Gasteiger partial charge in [0.25, 0.3) is 0 Å². The van der Waals surface area contributed by atoms with Crippen LogP contribution in [0.25, 0.3) is 0 Å². The fourth-order valence-corrected chi connectivity index (χ4v) is 2.69. The van der Waals surface area contributed by atoms with Crippen molar-refractivity contribution in [2.45, 2.75) is 26.6 Å². The van der Waals surface area contributed by atoms with E-state index in [0.29, 0.717) is 25.2 Å². The summed E-state index contributed by atoms with van der Waals surface area (Å²) in [6, 6.07) is 12.2. The van der Waals surface area contributed by atoms with E-state index in [0.717, 1.165) is 17.1 Å². The molecular weight excluding hydrogens is 335 g/mol. The SMILES string of the molecule is Cc1cc(CNC(=O)CN(Cc2ccco2)Cc2ccco2)ccc1F. The highest BCUT2D eigenvalue weighted by Crippen LogP contribution is 2.11. The van der Waals surface area contributed by atoms with Crippen molar-refractivity contribution in [2.75, 3.05) is 6.54 Å². The standard InChI is InChI=1S/C20H21FN2O3/c1-15-10-16(6-7-19(15)21)11-22-20(24)14-23(12-17-4-2-8-25-17)13-18-5-3-9-26-18/h2-10H,11-14H2,1H3,(H,22,24). The highest BCUT2D eigenvalue weighted by atomic mass is 19.1. The van der Waals surface area contributed by atoms with Crippen molar-refractivity contribution in [3.8, 4) is 0 Å². The maximum absolute atomic E-state index is 13.3. The van der Waals surface area contributed by atoms with Crippen LogP contribution in [-0.2, 0) is 24.4 Å². The first-order valence-electron chi connectivity index (χ1n) is 8.39. The van der Waals surface area contributed by atoms with E-state index in [1.165, 1.54) is 6.07 Å². The summed E-state index contributed by atoms with van der Waals surface area (Å²) in [7, 11) is 0. The van der Waals surface area contributed by atoms with E-state index in [4.69, 9.17) is 8.83 Å². The normalized spacial score (nSPS) is 11.0. The van der Waals surface area contributed by atoms with E-state index in [-0.39, 0.29) is 18.3 Å². The fraction of sp³-hybridized carbons (Fsp3) is 0.250. The number of nitrogens with zero attached hydrogens (tertiary/aromatic N) is 1. The van der Waals surface area contributed by atoms with Gasteiger partial charge in [0, 0.05) is 6.54 Å². The van der Waals surface area contributed by atoms with E-state index in [1.54, 1.807) is 31.6 Å². The number of hydrogen-bond donors (Lipinski definition) is 1. The molecule has 26 heavy (non-hydrogen) atoms. The van der Waals surface area contributed by atoms with Crippen molar-refractivity contribution in [3.05, 3.63) is 83.5 Å². The monoisotopic (exact) mass is 356 g/mol. The number of carbonyl (C=O) groups excluding carboxylic acids is 1. The maximum atomic E-state index is 13.3. The molecule has 3 aromatic rings. The summed E-state index contributed by atoms with van der Waals surface area (Å²) in [6.07, 6.45) is 3.22. The lowest BCUT2D eigenvalue weighted by Gasteiger charge is -2.19. The number of benzene rings is 1. The average molecular weight is 356 g/mol. The molecule has 0 bridgehead atoms. The molecule has 0 saturated heterocycles. The minimum atomic E-state index is -0.247. The van der Waals surface area contributed by atoms with Crippen LogP contribution in [0.3, 0.4) is 0 Å². The third-order valence-electron chi connectivity index (χ3n) is 4.00. The van der Waals surface area contributed by atoms with Crippen LogP contribution >= 0.6 is 0 Å². The summed E-state index contributed by atoms with van der Waals surface area (Å²) < 4.78 is 24.1. The Morgan fingerprint density at radius 2 is 1.73 bits per heavy atom. The Bertz CT molecular complexity index is 793. The Balaban J connectivity index is 1.57. The minimum absolute atomic E-state index is 0.120. The molecule has 0 atom stereocenters. The maximum Gasteiger partial charge on any atom is 0.234 e. The van der Waals surface area contributed by atoms with Gasteiger partial charge in [0.2, 0.25) is 5.91 Å². The zero-order valence-corrected chi connectivity index (χ0v) is 14.6. The molecule has 1 amide bonds. The molecule has 3 rings (SSSR count). The Morgan fingerprint density at radius 3 is 2.27 bits per heavy atom. The molecule has 6 heteroatoms. The number of halogens is 1. The Kier molecular flexibility index (Phi) is 5.86. The van der Waals surface area contributed by atoms with E-state index in [9.17, 15) is 9.18 Å². The largest absolute Gasteiger partial charge is 0.468 e. The summed E-state index contributed by atoms with van der Waals surface area (Å²) in [5.41, 5.74) is 1.43. The molecule has 1 N–H and O–H groups in total. The number of carbonyl (C=O) groups is 1.